The highest BCUT2D eigenvalue weighted by molar-refractivity contribution is 5.44. The van der Waals surface area contributed by atoms with E-state index in [1.807, 2.05) is 0 Å². The van der Waals surface area contributed by atoms with Crippen LogP contribution in [-0.2, 0) is 13.0 Å². The van der Waals surface area contributed by atoms with E-state index in [1.165, 1.54) is 24.8 Å². The van der Waals surface area contributed by atoms with E-state index in [0.717, 1.165) is 11.4 Å². The monoisotopic (exact) mass is 241 g/mol. The average molecular weight is 241 g/mol. The second kappa shape index (κ2) is 6.74. The van der Waals surface area contributed by atoms with E-state index in [2.05, 4.69) is 46.5 Å². The molecule has 0 aliphatic heterocycles. The van der Waals surface area contributed by atoms with Crippen molar-refractivity contribution in [3.63, 3.8) is 0 Å². The molecule has 0 fully saturated rings. The van der Waals surface area contributed by atoms with Gasteiger partial charge in [0.05, 0.1) is 18.4 Å². The number of aryl methyl sites for hydroxylation is 1. The van der Waals surface area contributed by atoms with Crippen LogP contribution in [0.15, 0.2) is 42.9 Å². The molecule has 0 aliphatic carbocycles. The lowest BCUT2D eigenvalue weighted by atomic mass is 10.1. The molecule has 0 spiro atoms. The van der Waals surface area contributed by atoms with Gasteiger partial charge in [0.25, 0.3) is 0 Å². The molecule has 1 aromatic carbocycles. The Morgan fingerprint density at radius 2 is 1.94 bits per heavy atom. The molecule has 1 heterocycles. The standard InChI is InChI=1S/C15H19N3/c1-2-3-4-13-5-7-14(8-6-13)18-12-15-11-16-9-10-17-15/h5-11,18H,2-4,12H2,1H3. The van der Waals surface area contributed by atoms with Gasteiger partial charge in [-0.15, -0.1) is 0 Å². The molecule has 94 valence electrons. The Morgan fingerprint density at radius 3 is 2.61 bits per heavy atom. The van der Waals surface area contributed by atoms with Gasteiger partial charge >= 0.3 is 0 Å². The van der Waals surface area contributed by atoms with Gasteiger partial charge in [-0.25, -0.2) is 0 Å². The van der Waals surface area contributed by atoms with Crippen molar-refractivity contribution in [1.29, 1.82) is 0 Å². The van der Waals surface area contributed by atoms with Crippen molar-refractivity contribution >= 4 is 5.69 Å². The van der Waals surface area contributed by atoms with E-state index >= 15 is 0 Å². The van der Waals surface area contributed by atoms with Crippen LogP contribution < -0.4 is 5.32 Å². The topological polar surface area (TPSA) is 37.8 Å². The summed E-state index contributed by atoms with van der Waals surface area (Å²) < 4.78 is 0. The van der Waals surface area contributed by atoms with Gasteiger partial charge in [0, 0.05) is 18.1 Å². The molecule has 3 nitrogen and oxygen atoms in total. The molecule has 1 aromatic heterocycles. The summed E-state index contributed by atoms with van der Waals surface area (Å²) in [4.78, 5) is 8.27. The highest BCUT2D eigenvalue weighted by Crippen LogP contribution is 2.12. The molecule has 0 saturated heterocycles. The molecule has 0 amide bonds. The first-order valence-corrected chi connectivity index (χ1v) is 6.46. The quantitative estimate of drug-likeness (QED) is 0.842. The molecule has 1 N–H and O–H groups in total. The minimum atomic E-state index is 0.710. The van der Waals surface area contributed by atoms with Gasteiger partial charge in [-0.3, -0.25) is 9.97 Å². The van der Waals surface area contributed by atoms with Crippen molar-refractivity contribution in [1.82, 2.24) is 9.97 Å². The van der Waals surface area contributed by atoms with Gasteiger partial charge in [-0.2, -0.15) is 0 Å². The largest absolute Gasteiger partial charge is 0.379 e. The molecule has 0 aliphatic rings. The van der Waals surface area contributed by atoms with E-state index in [1.54, 1.807) is 18.6 Å². The van der Waals surface area contributed by atoms with Crippen LogP contribution in [0.3, 0.4) is 0 Å². The van der Waals surface area contributed by atoms with Gasteiger partial charge < -0.3 is 5.32 Å². The minimum Gasteiger partial charge on any atom is -0.379 e. The van der Waals surface area contributed by atoms with Crippen LogP contribution in [0.5, 0.6) is 0 Å². The molecule has 0 saturated carbocycles. The summed E-state index contributed by atoms with van der Waals surface area (Å²) in [6.07, 6.45) is 8.85. The second-order valence-electron chi connectivity index (χ2n) is 4.35. The van der Waals surface area contributed by atoms with Gasteiger partial charge in [0.1, 0.15) is 0 Å². The number of benzene rings is 1. The molecule has 0 atom stereocenters. The van der Waals surface area contributed by atoms with Crippen molar-refractivity contribution in [2.45, 2.75) is 32.7 Å². The number of rotatable bonds is 6. The lowest BCUT2D eigenvalue weighted by Gasteiger charge is -2.06. The molecular weight excluding hydrogens is 222 g/mol. The van der Waals surface area contributed by atoms with Crippen LogP contribution in [0.25, 0.3) is 0 Å². The average Bonchev–Trinajstić information content (AvgIpc) is 2.45. The summed E-state index contributed by atoms with van der Waals surface area (Å²) in [7, 11) is 0. The first-order valence-electron chi connectivity index (χ1n) is 6.46. The van der Waals surface area contributed by atoms with Crippen LogP contribution in [0, 0.1) is 0 Å². The van der Waals surface area contributed by atoms with Crippen molar-refractivity contribution in [2.75, 3.05) is 5.32 Å². The maximum atomic E-state index is 4.23. The Balaban J connectivity index is 1.86. The van der Waals surface area contributed by atoms with Crippen LogP contribution in [0.4, 0.5) is 5.69 Å². The van der Waals surface area contributed by atoms with Gasteiger partial charge in [-0.05, 0) is 30.5 Å². The molecule has 2 aromatic rings. The summed E-state index contributed by atoms with van der Waals surface area (Å²) in [6.45, 7) is 2.93. The highest BCUT2D eigenvalue weighted by atomic mass is 14.9. The van der Waals surface area contributed by atoms with Crippen LogP contribution >= 0.6 is 0 Å². The fourth-order valence-corrected chi connectivity index (χ4v) is 1.78. The van der Waals surface area contributed by atoms with E-state index < -0.39 is 0 Å². The number of hydrogen-bond acceptors (Lipinski definition) is 3. The van der Waals surface area contributed by atoms with Gasteiger partial charge in [-0.1, -0.05) is 25.5 Å². The van der Waals surface area contributed by atoms with Crippen LogP contribution in [-0.4, -0.2) is 9.97 Å². The third-order valence-electron chi connectivity index (χ3n) is 2.86. The third-order valence-corrected chi connectivity index (χ3v) is 2.86. The SMILES string of the molecule is CCCCc1ccc(NCc2cnccn2)cc1. The van der Waals surface area contributed by atoms with Crippen molar-refractivity contribution in [3.05, 3.63) is 54.1 Å². The Labute approximate surface area is 108 Å². The first kappa shape index (κ1) is 12.6. The number of anilines is 1. The van der Waals surface area contributed by atoms with Crippen LogP contribution in [0.2, 0.25) is 0 Å². The molecule has 18 heavy (non-hydrogen) atoms. The normalized spacial score (nSPS) is 10.3. The lowest BCUT2D eigenvalue weighted by molar-refractivity contribution is 0.795. The van der Waals surface area contributed by atoms with Crippen molar-refractivity contribution in [2.24, 2.45) is 0 Å². The fraction of sp³-hybridized carbons (Fsp3) is 0.333. The zero-order valence-corrected chi connectivity index (χ0v) is 10.8. The molecule has 3 heteroatoms. The smallest absolute Gasteiger partial charge is 0.0777 e. The number of aromatic nitrogens is 2. The maximum absolute atomic E-state index is 4.23. The van der Waals surface area contributed by atoms with E-state index in [-0.39, 0.29) is 0 Å². The Bertz CT molecular complexity index is 451. The summed E-state index contributed by atoms with van der Waals surface area (Å²) in [6, 6.07) is 8.63. The molecule has 0 radical (unpaired) electrons. The van der Waals surface area contributed by atoms with Crippen LogP contribution in [0.1, 0.15) is 31.0 Å². The predicted molar refractivity (Wildman–Crippen MR) is 74.4 cm³/mol. The maximum Gasteiger partial charge on any atom is 0.0777 e. The number of hydrogen-bond donors (Lipinski definition) is 1. The molecule has 2 rings (SSSR count). The molecule has 0 unspecified atom stereocenters. The third kappa shape index (κ3) is 3.84. The summed E-state index contributed by atoms with van der Waals surface area (Å²) in [5, 5.41) is 3.34. The van der Waals surface area contributed by atoms with E-state index in [9.17, 15) is 0 Å². The fourth-order valence-electron chi connectivity index (χ4n) is 1.78. The van der Waals surface area contributed by atoms with Crippen molar-refractivity contribution in [3.8, 4) is 0 Å². The highest BCUT2D eigenvalue weighted by Gasteiger charge is 1.96. The zero-order chi connectivity index (χ0) is 12.6. The van der Waals surface area contributed by atoms with Gasteiger partial charge in [0.15, 0.2) is 0 Å². The lowest BCUT2D eigenvalue weighted by Crippen LogP contribution is -2.01. The predicted octanol–water partition coefficient (Wildman–Crippen LogP) is 3.43. The Hall–Kier alpha value is -1.90. The zero-order valence-electron chi connectivity index (χ0n) is 10.8. The van der Waals surface area contributed by atoms with Crippen molar-refractivity contribution < 1.29 is 0 Å². The molecule has 0 bridgehead atoms. The number of nitrogens with one attached hydrogen (secondary N) is 1. The Morgan fingerprint density at radius 1 is 1.11 bits per heavy atom. The number of unbranched alkanes of at least 4 members (excludes halogenated alkanes) is 1. The summed E-state index contributed by atoms with van der Waals surface area (Å²) >= 11 is 0. The Kier molecular flexibility index (Phi) is 4.70. The summed E-state index contributed by atoms with van der Waals surface area (Å²) in [5.74, 6) is 0. The first-order chi connectivity index (χ1) is 8.88. The van der Waals surface area contributed by atoms with Gasteiger partial charge in [0.2, 0.25) is 0 Å². The second-order valence-corrected chi connectivity index (χ2v) is 4.35. The minimum absolute atomic E-state index is 0.710. The number of nitrogens with zero attached hydrogens (tertiary/aromatic N) is 2. The molecular formula is C15H19N3. The summed E-state index contributed by atoms with van der Waals surface area (Å²) in [5.41, 5.74) is 3.48. The van der Waals surface area contributed by atoms with E-state index in [0.29, 0.717) is 6.54 Å². The van der Waals surface area contributed by atoms with E-state index in [4.69, 9.17) is 0 Å².